The Balaban J connectivity index is 0.000000798. The van der Waals surface area contributed by atoms with E-state index in [-0.39, 0.29) is 0 Å². The van der Waals surface area contributed by atoms with Gasteiger partial charge >= 0.3 is 0 Å². The van der Waals surface area contributed by atoms with Crippen LogP contribution in [0.2, 0.25) is 0 Å². The zero-order valence-electron chi connectivity index (χ0n) is 16.8. The summed E-state index contributed by atoms with van der Waals surface area (Å²) in [6.45, 7) is 16.3. The van der Waals surface area contributed by atoms with Crippen LogP contribution in [-0.2, 0) is 0 Å². The fraction of sp³-hybridized carbons (Fsp3) is 0.333. The molecule has 0 heterocycles. The fourth-order valence-corrected chi connectivity index (χ4v) is 2.73. The lowest BCUT2D eigenvalue weighted by Crippen LogP contribution is -1.88. The van der Waals surface area contributed by atoms with E-state index in [1.807, 2.05) is 41.5 Å². The van der Waals surface area contributed by atoms with E-state index in [2.05, 4.69) is 74.5 Å². The van der Waals surface area contributed by atoms with Crippen molar-refractivity contribution < 1.29 is 0 Å². The number of hydrogen-bond acceptors (Lipinski definition) is 0. The van der Waals surface area contributed by atoms with E-state index in [0.717, 1.165) is 0 Å². The van der Waals surface area contributed by atoms with Crippen LogP contribution in [0.1, 0.15) is 59.6 Å². The van der Waals surface area contributed by atoms with E-state index in [0.29, 0.717) is 0 Å². The predicted molar refractivity (Wildman–Crippen MR) is 115 cm³/mol. The highest BCUT2D eigenvalue weighted by Crippen LogP contribution is 2.32. The van der Waals surface area contributed by atoms with E-state index in [1.54, 1.807) is 0 Å². The third-order valence-electron chi connectivity index (χ3n) is 3.58. The Labute approximate surface area is 149 Å². The van der Waals surface area contributed by atoms with E-state index in [4.69, 9.17) is 0 Å². The van der Waals surface area contributed by atoms with Crippen LogP contribution < -0.4 is 0 Å². The first-order chi connectivity index (χ1) is 11.8. The number of hydrogen-bond donors (Lipinski definition) is 0. The van der Waals surface area contributed by atoms with Gasteiger partial charge < -0.3 is 0 Å². The molecule has 0 heteroatoms. The van der Waals surface area contributed by atoms with Crippen LogP contribution in [-0.4, -0.2) is 0 Å². The standard InChI is InChI=1S/C18H16.3C2H6/c1-3-8-14-13(2)15-9-4-5-11-17(15)18-12-7-6-10-16(14)18;3*1-2/h3-12H,1-2H3;3*1-2H3/b8-3-;;;. The van der Waals surface area contributed by atoms with Gasteiger partial charge in [0, 0.05) is 0 Å². The first-order valence-corrected chi connectivity index (χ1v) is 9.35. The molecule has 0 aliphatic carbocycles. The molecule has 0 spiro atoms. The Kier molecular flexibility index (Phi) is 11.3. The summed E-state index contributed by atoms with van der Waals surface area (Å²) < 4.78 is 0. The summed E-state index contributed by atoms with van der Waals surface area (Å²) in [4.78, 5) is 0. The van der Waals surface area contributed by atoms with E-state index in [9.17, 15) is 0 Å². The second-order valence-electron chi connectivity index (χ2n) is 4.63. The summed E-state index contributed by atoms with van der Waals surface area (Å²) in [7, 11) is 0. The minimum Gasteiger partial charge on any atom is -0.0870 e. The van der Waals surface area contributed by atoms with E-state index >= 15 is 0 Å². The molecule has 3 aromatic rings. The fourth-order valence-electron chi connectivity index (χ4n) is 2.73. The summed E-state index contributed by atoms with van der Waals surface area (Å²) in [5.41, 5.74) is 2.70. The summed E-state index contributed by atoms with van der Waals surface area (Å²) in [5.74, 6) is 0. The van der Waals surface area contributed by atoms with Gasteiger partial charge in [-0.15, -0.1) is 0 Å². The minimum atomic E-state index is 1.34. The largest absolute Gasteiger partial charge is 0.0870 e. The van der Waals surface area contributed by atoms with Crippen molar-refractivity contribution in [1.29, 1.82) is 0 Å². The summed E-state index contributed by atoms with van der Waals surface area (Å²) in [6.07, 6.45) is 4.33. The van der Waals surface area contributed by atoms with Crippen LogP contribution in [0.3, 0.4) is 0 Å². The Bertz CT molecular complexity index is 748. The summed E-state index contributed by atoms with van der Waals surface area (Å²) in [5, 5.41) is 5.38. The van der Waals surface area contributed by atoms with Crippen molar-refractivity contribution in [2.45, 2.75) is 55.4 Å². The van der Waals surface area contributed by atoms with Crippen LogP contribution >= 0.6 is 0 Å². The second-order valence-corrected chi connectivity index (χ2v) is 4.63. The average Bonchev–Trinajstić information content (AvgIpc) is 2.70. The molecule has 0 unspecified atom stereocenters. The van der Waals surface area contributed by atoms with Crippen LogP contribution in [0.5, 0.6) is 0 Å². The Morgan fingerprint density at radius 1 is 0.583 bits per heavy atom. The molecular formula is C24H34. The molecule has 24 heavy (non-hydrogen) atoms. The smallest absolute Gasteiger partial charge is 0.00992 e. The normalized spacial score (nSPS) is 9.50. The van der Waals surface area contributed by atoms with Gasteiger partial charge in [-0.3, -0.25) is 0 Å². The lowest BCUT2D eigenvalue weighted by atomic mass is 9.92. The van der Waals surface area contributed by atoms with Crippen LogP contribution in [0, 0.1) is 6.92 Å². The van der Waals surface area contributed by atoms with E-state index < -0.39 is 0 Å². The van der Waals surface area contributed by atoms with Crippen molar-refractivity contribution >= 4 is 27.6 Å². The highest BCUT2D eigenvalue weighted by atomic mass is 14.1. The van der Waals surface area contributed by atoms with Crippen molar-refractivity contribution in [3.05, 3.63) is 65.7 Å². The quantitative estimate of drug-likeness (QED) is 0.394. The molecule has 0 aliphatic heterocycles. The Hall–Kier alpha value is -2.08. The lowest BCUT2D eigenvalue weighted by Gasteiger charge is -2.12. The second kappa shape index (κ2) is 12.4. The number of fused-ring (bicyclic) bond motifs is 3. The van der Waals surface area contributed by atoms with Gasteiger partial charge in [-0.2, -0.15) is 0 Å². The van der Waals surface area contributed by atoms with Gasteiger partial charge in [0.25, 0.3) is 0 Å². The van der Waals surface area contributed by atoms with Crippen molar-refractivity contribution in [1.82, 2.24) is 0 Å². The van der Waals surface area contributed by atoms with Crippen LogP contribution in [0.15, 0.2) is 54.6 Å². The number of rotatable bonds is 1. The highest BCUT2D eigenvalue weighted by molar-refractivity contribution is 6.12. The third kappa shape index (κ3) is 4.71. The Morgan fingerprint density at radius 3 is 1.42 bits per heavy atom. The molecule has 0 atom stereocenters. The van der Waals surface area contributed by atoms with Gasteiger partial charge in [0.2, 0.25) is 0 Å². The molecule has 0 bridgehead atoms. The zero-order chi connectivity index (χ0) is 18.5. The maximum absolute atomic E-state index is 2.21. The summed E-state index contributed by atoms with van der Waals surface area (Å²) in [6, 6.07) is 17.3. The van der Waals surface area contributed by atoms with Gasteiger partial charge in [0.15, 0.2) is 0 Å². The Morgan fingerprint density at radius 2 is 0.958 bits per heavy atom. The molecule has 0 fully saturated rings. The topological polar surface area (TPSA) is 0 Å². The number of aryl methyl sites for hydroxylation is 1. The van der Waals surface area contributed by atoms with Gasteiger partial charge in [-0.1, -0.05) is 102 Å². The monoisotopic (exact) mass is 322 g/mol. The van der Waals surface area contributed by atoms with Crippen LogP contribution in [0.25, 0.3) is 27.6 Å². The van der Waals surface area contributed by atoms with E-state index in [1.165, 1.54) is 32.7 Å². The van der Waals surface area contributed by atoms with Gasteiger partial charge in [-0.05, 0) is 46.5 Å². The molecule has 0 nitrogen and oxygen atoms in total. The first-order valence-electron chi connectivity index (χ1n) is 9.35. The van der Waals surface area contributed by atoms with Crippen LogP contribution in [0.4, 0.5) is 0 Å². The highest BCUT2D eigenvalue weighted by Gasteiger charge is 2.08. The first kappa shape index (κ1) is 21.9. The predicted octanol–water partition coefficient (Wildman–Crippen LogP) is 8.41. The van der Waals surface area contributed by atoms with Crippen molar-refractivity contribution in [2.75, 3.05) is 0 Å². The lowest BCUT2D eigenvalue weighted by molar-refractivity contribution is 1.50. The third-order valence-corrected chi connectivity index (χ3v) is 3.58. The molecule has 0 amide bonds. The van der Waals surface area contributed by atoms with Crippen molar-refractivity contribution in [3.63, 3.8) is 0 Å². The zero-order valence-corrected chi connectivity index (χ0v) is 16.8. The SMILES string of the molecule is C/C=C\c1c(C)c2ccccc2c2ccccc12.CC.CC.CC. The summed E-state index contributed by atoms with van der Waals surface area (Å²) >= 11 is 0. The molecule has 0 N–H and O–H groups in total. The molecule has 3 aromatic carbocycles. The maximum Gasteiger partial charge on any atom is -0.00992 e. The molecule has 0 saturated carbocycles. The van der Waals surface area contributed by atoms with Crippen molar-refractivity contribution in [3.8, 4) is 0 Å². The molecule has 0 aliphatic rings. The molecule has 0 radical (unpaired) electrons. The molecule has 130 valence electrons. The van der Waals surface area contributed by atoms with Gasteiger partial charge in [0.05, 0.1) is 0 Å². The molecular weight excluding hydrogens is 288 g/mol. The molecule has 0 aromatic heterocycles. The number of benzene rings is 3. The van der Waals surface area contributed by atoms with Gasteiger partial charge in [-0.25, -0.2) is 0 Å². The van der Waals surface area contributed by atoms with Gasteiger partial charge in [0.1, 0.15) is 0 Å². The molecule has 0 saturated heterocycles. The molecule has 3 rings (SSSR count). The average molecular weight is 323 g/mol. The maximum atomic E-state index is 2.21. The minimum absolute atomic E-state index is 1.34. The number of allylic oxidation sites excluding steroid dienone is 1. The van der Waals surface area contributed by atoms with Crippen molar-refractivity contribution in [2.24, 2.45) is 0 Å².